The average Bonchev–Trinajstić information content (AvgIpc) is 3.54. The monoisotopic (exact) mass is 675 g/mol. The molecule has 2 fully saturated rings. The second kappa shape index (κ2) is 13.3. The van der Waals surface area contributed by atoms with Crippen LogP contribution in [-0.4, -0.2) is 65.6 Å². The second-order valence-corrected chi connectivity index (χ2v) is 13.0. The van der Waals surface area contributed by atoms with Crippen molar-refractivity contribution in [2.75, 3.05) is 6.61 Å². The van der Waals surface area contributed by atoms with Crippen LogP contribution in [0.5, 0.6) is 0 Å². The van der Waals surface area contributed by atoms with Crippen molar-refractivity contribution >= 4 is 15.4 Å². The molecule has 2 aromatic heterocycles. The van der Waals surface area contributed by atoms with Crippen molar-refractivity contribution in [3.63, 3.8) is 0 Å². The summed E-state index contributed by atoms with van der Waals surface area (Å²) in [4.78, 5) is 89.8. The zero-order valence-corrected chi connectivity index (χ0v) is 25.0. The maximum atomic E-state index is 13.5. The lowest BCUT2D eigenvalue weighted by Gasteiger charge is -2.32. The molecule has 0 amide bonds. The topological polar surface area (TPSA) is 342 Å². The van der Waals surface area contributed by atoms with Crippen LogP contribution in [0.1, 0.15) is 36.4 Å². The number of nitrogens with zero attached hydrogens (tertiary/aromatic N) is 8. The van der Waals surface area contributed by atoms with Gasteiger partial charge in [-0.15, -0.1) is 0 Å². The Morgan fingerprint density at radius 3 is 1.98 bits per heavy atom. The van der Waals surface area contributed by atoms with Crippen molar-refractivity contribution in [2.24, 2.45) is 10.2 Å². The molecule has 2 aliphatic rings. The SMILES string of the molecule is Cc1cn([C@@H]2C[C@@H](N=[N+]=[N-])[C@H](COP(=O)(O)C(OP(=O)([O-])O)[C@@H]3O[C@H](n4cc(C)c(=O)[nH]c4=O)C[C@H]3N=[N+]=[N-])O2)c(=O)[nH]c1=O. The molecule has 244 valence electrons. The van der Waals surface area contributed by atoms with Gasteiger partial charge >= 0.3 is 19.0 Å². The second-order valence-electron chi connectivity index (χ2n) is 9.98. The van der Waals surface area contributed by atoms with E-state index in [0.717, 1.165) is 15.3 Å². The molecule has 4 rings (SSSR count). The first-order chi connectivity index (χ1) is 21.0. The van der Waals surface area contributed by atoms with Crippen molar-refractivity contribution in [1.29, 1.82) is 0 Å². The summed E-state index contributed by atoms with van der Waals surface area (Å²) in [6, 6.07) is -2.57. The van der Waals surface area contributed by atoms with Gasteiger partial charge < -0.3 is 28.7 Å². The Labute approximate surface area is 249 Å². The van der Waals surface area contributed by atoms with Gasteiger partial charge in [0.25, 0.3) is 18.9 Å². The largest absolute Gasteiger partial charge is 0.756 e. The maximum Gasteiger partial charge on any atom is 0.359 e. The smallest absolute Gasteiger partial charge is 0.359 e. The molecule has 9 atom stereocenters. The summed E-state index contributed by atoms with van der Waals surface area (Å²) in [5, 5.41) is 6.99. The van der Waals surface area contributed by atoms with Gasteiger partial charge in [-0.25, -0.2) is 9.59 Å². The first-order valence-electron chi connectivity index (χ1n) is 12.8. The zero-order chi connectivity index (χ0) is 33.3. The molecule has 25 heteroatoms. The van der Waals surface area contributed by atoms with Gasteiger partial charge in [0.15, 0.2) is 5.85 Å². The summed E-state index contributed by atoms with van der Waals surface area (Å²) in [7, 11) is -11.2. The van der Waals surface area contributed by atoms with Gasteiger partial charge in [0.05, 0.1) is 24.8 Å². The van der Waals surface area contributed by atoms with Gasteiger partial charge in [-0.1, -0.05) is 10.2 Å². The summed E-state index contributed by atoms with van der Waals surface area (Å²) in [6.45, 7) is 1.91. The van der Waals surface area contributed by atoms with Gasteiger partial charge in [0, 0.05) is 46.2 Å². The molecule has 0 aromatic carbocycles. The standard InChI is InChI=1S/C20H26N10O13P2/c1-8-5-29(19(33)23-16(8)31)13-3-10(25-27-21)12(41-13)7-40-44(35,36)18(43-45(37,38)39)15-11(26-28-22)4-14(42-15)30-6-9(2)17(32)24-20(30)34/h5-6,10-15,18H,3-4,7H2,1-2H3,(H,35,36)(H,23,31,33)(H,24,32,34)(H2,37,38,39)/p-1/t10-,11-,12+,13+,14+,15-,18?/m1/s1. The first-order valence-corrected chi connectivity index (χ1v) is 15.9. The number of aromatic amines is 2. The molecular formula is C20H25N10O13P2-. The lowest BCUT2D eigenvalue weighted by Crippen LogP contribution is -2.38. The number of nitrogens with one attached hydrogen (secondary N) is 2. The van der Waals surface area contributed by atoms with Crippen molar-refractivity contribution in [3.8, 4) is 0 Å². The summed E-state index contributed by atoms with van der Waals surface area (Å²) < 4.78 is 48.1. The minimum absolute atomic E-state index is 0.0640. The number of hydrogen-bond donors (Lipinski definition) is 4. The molecule has 2 aliphatic heterocycles. The number of phosphoric ester groups is 1. The Kier molecular flexibility index (Phi) is 10.0. The van der Waals surface area contributed by atoms with Gasteiger partial charge in [0.2, 0.25) is 0 Å². The molecule has 3 unspecified atom stereocenters. The lowest BCUT2D eigenvalue weighted by molar-refractivity contribution is -0.225. The van der Waals surface area contributed by atoms with Gasteiger partial charge in [-0.3, -0.25) is 42.3 Å². The highest BCUT2D eigenvalue weighted by Crippen LogP contribution is 2.57. The van der Waals surface area contributed by atoms with Gasteiger partial charge in [0.1, 0.15) is 18.6 Å². The van der Waals surface area contributed by atoms with Crippen LogP contribution >= 0.6 is 15.4 Å². The van der Waals surface area contributed by atoms with Crippen LogP contribution in [-0.2, 0) is 27.7 Å². The predicted octanol–water partition coefficient (Wildman–Crippen LogP) is -0.358. The van der Waals surface area contributed by atoms with E-state index < -0.39 is 87.1 Å². The number of azide groups is 2. The Morgan fingerprint density at radius 2 is 1.47 bits per heavy atom. The third-order valence-corrected chi connectivity index (χ3v) is 9.14. The summed E-state index contributed by atoms with van der Waals surface area (Å²) >= 11 is 0. The quantitative estimate of drug-likeness (QED) is 0.102. The van der Waals surface area contributed by atoms with Crippen molar-refractivity contribution in [1.82, 2.24) is 19.1 Å². The molecular weight excluding hydrogens is 650 g/mol. The fourth-order valence-corrected chi connectivity index (χ4v) is 7.18. The van der Waals surface area contributed by atoms with Crippen LogP contribution in [0.25, 0.3) is 20.9 Å². The maximum absolute atomic E-state index is 13.5. The predicted molar refractivity (Wildman–Crippen MR) is 146 cm³/mol. The van der Waals surface area contributed by atoms with Gasteiger partial charge in [-0.2, -0.15) is 0 Å². The molecule has 0 spiro atoms. The van der Waals surface area contributed by atoms with Crippen molar-refractivity contribution in [2.45, 2.75) is 69.3 Å². The zero-order valence-electron chi connectivity index (χ0n) is 23.2. The molecule has 0 bridgehead atoms. The van der Waals surface area contributed by atoms with Crippen LogP contribution in [0.4, 0.5) is 0 Å². The summed E-state index contributed by atoms with van der Waals surface area (Å²) in [5.41, 5.74) is 15.1. The van der Waals surface area contributed by atoms with E-state index in [1.165, 1.54) is 20.0 Å². The number of hydrogen-bond acceptors (Lipinski definition) is 13. The van der Waals surface area contributed by atoms with E-state index in [0.29, 0.717) is 0 Å². The number of H-pyrrole nitrogens is 2. The Hall–Kier alpha value is -3.84. The third kappa shape index (κ3) is 7.70. The van der Waals surface area contributed by atoms with E-state index >= 15 is 0 Å². The third-order valence-electron chi connectivity index (χ3n) is 6.92. The molecule has 4 N–H and O–H groups in total. The molecule has 0 radical (unpaired) electrons. The van der Waals surface area contributed by atoms with E-state index in [9.17, 15) is 43.0 Å². The minimum Gasteiger partial charge on any atom is -0.756 e. The lowest BCUT2D eigenvalue weighted by atomic mass is 10.1. The van der Waals surface area contributed by atoms with Crippen LogP contribution < -0.4 is 27.4 Å². The van der Waals surface area contributed by atoms with E-state index in [-0.39, 0.29) is 24.0 Å². The Morgan fingerprint density at radius 1 is 0.978 bits per heavy atom. The van der Waals surface area contributed by atoms with Crippen molar-refractivity contribution < 1.29 is 42.3 Å². The van der Waals surface area contributed by atoms with E-state index in [4.69, 9.17) is 25.1 Å². The highest BCUT2D eigenvalue weighted by molar-refractivity contribution is 7.54. The van der Waals surface area contributed by atoms with Crippen LogP contribution in [0, 0.1) is 13.8 Å². The number of aryl methyl sites for hydroxylation is 2. The number of aromatic nitrogens is 4. The van der Waals surface area contributed by atoms with Crippen LogP contribution in [0.3, 0.4) is 0 Å². The Bertz CT molecular complexity index is 1890. The molecule has 0 saturated carbocycles. The molecule has 0 aliphatic carbocycles. The van der Waals surface area contributed by atoms with E-state index in [1.54, 1.807) is 0 Å². The summed E-state index contributed by atoms with van der Waals surface area (Å²) in [6.07, 6.45) is -3.99. The molecule has 4 heterocycles. The van der Waals surface area contributed by atoms with E-state index in [1.807, 2.05) is 4.98 Å². The fraction of sp³-hybridized carbons (Fsp3) is 0.600. The highest BCUT2D eigenvalue weighted by Gasteiger charge is 2.51. The molecule has 2 saturated heterocycles. The fourth-order valence-electron chi connectivity index (χ4n) is 4.80. The molecule has 23 nitrogen and oxygen atoms in total. The van der Waals surface area contributed by atoms with E-state index in [2.05, 4.69) is 29.6 Å². The minimum atomic E-state index is -5.83. The molecule has 45 heavy (non-hydrogen) atoms. The molecule has 2 aromatic rings. The average molecular weight is 675 g/mol. The van der Waals surface area contributed by atoms with Crippen LogP contribution in [0.15, 0.2) is 41.8 Å². The number of rotatable bonds is 11. The highest BCUT2D eigenvalue weighted by atomic mass is 31.2. The Balaban J connectivity index is 1.62. The number of phosphoric acid groups is 1. The number of ether oxygens (including phenoxy) is 2. The summed E-state index contributed by atoms with van der Waals surface area (Å²) in [5.74, 6) is -2.58. The normalized spacial score (nSPS) is 27.9. The van der Waals surface area contributed by atoms with Crippen LogP contribution in [0.2, 0.25) is 0 Å². The van der Waals surface area contributed by atoms with Gasteiger partial charge in [-0.05, 0) is 24.9 Å². The van der Waals surface area contributed by atoms with Crippen molar-refractivity contribution in [3.05, 3.63) is 86.1 Å². The first kappa shape index (κ1) is 34.0.